The summed E-state index contributed by atoms with van der Waals surface area (Å²) < 4.78 is 0. The first-order valence-electron chi connectivity index (χ1n) is 6.13. The molecule has 3 heteroatoms. The molecule has 3 nitrogen and oxygen atoms in total. The Morgan fingerprint density at radius 2 is 2.31 bits per heavy atom. The van der Waals surface area contributed by atoms with E-state index in [1.807, 2.05) is 18.3 Å². The molecule has 2 atom stereocenters. The van der Waals surface area contributed by atoms with E-state index in [-0.39, 0.29) is 6.10 Å². The van der Waals surface area contributed by atoms with Gasteiger partial charge in [-0.2, -0.15) is 0 Å². The highest BCUT2D eigenvalue weighted by Crippen LogP contribution is 2.24. The van der Waals surface area contributed by atoms with E-state index in [0.717, 1.165) is 44.5 Å². The van der Waals surface area contributed by atoms with Crippen molar-refractivity contribution in [2.75, 3.05) is 13.1 Å². The van der Waals surface area contributed by atoms with E-state index in [0.29, 0.717) is 5.92 Å². The van der Waals surface area contributed by atoms with Crippen molar-refractivity contribution in [3.63, 3.8) is 0 Å². The van der Waals surface area contributed by atoms with Gasteiger partial charge in [0.25, 0.3) is 0 Å². The lowest BCUT2D eigenvalue weighted by atomic mass is 10.1. The third-order valence-electron chi connectivity index (χ3n) is 3.23. The molecule has 0 spiro atoms. The third-order valence-corrected chi connectivity index (χ3v) is 3.23. The predicted molar refractivity (Wildman–Crippen MR) is 64.2 cm³/mol. The molecule has 1 aromatic heterocycles. The first-order valence-corrected chi connectivity index (χ1v) is 6.13. The van der Waals surface area contributed by atoms with E-state index in [2.05, 4.69) is 16.4 Å². The fourth-order valence-electron chi connectivity index (χ4n) is 2.30. The predicted octanol–water partition coefficient (Wildman–Crippen LogP) is 1.37. The summed E-state index contributed by atoms with van der Waals surface area (Å²) in [6, 6.07) is 6.02. The van der Waals surface area contributed by atoms with Gasteiger partial charge in [-0.3, -0.25) is 4.98 Å². The quantitative estimate of drug-likeness (QED) is 0.737. The minimum absolute atomic E-state index is 0.0532. The number of rotatable bonds is 5. The Hall–Kier alpha value is -0.930. The molecule has 0 amide bonds. The van der Waals surface area contributed by atoms with E-state index in [4.69, 9.17) is 0 Å². The van der Waals surface area contributed by atoms with Crippen molar-refractivity contribution in [3.8, 4) is 0 Å². The zero-order valence-corrected chi connectivity index (χ0v) is 9.60. The van der Waals surface area contributed by atoms with Crippen molar-refractivity contribution in [2.24, 2.45) is 5.92 Å². The Bertz CT molecular complexity index is 302. The fourth-order valence-corrected chi connectivity index (χ4v) is 2.30. The van der Waals surface area contributed by atoms with Crippen molar-refractivity contribution >= 4 is 0 Å². The molecule has 1 fully saturated rings. The molecular formula is C13H20N2O. The van der Waals surface area contributed by atoms with Crippen LogP contribution in [0.4, 0.5) is 0 Å². The molecule has 16 heavy (non-hydrogen) atoms. The van der Waals surface area contributed by atoms with Crippen LogP contribution >= 0.6 is 0 Å². The lowest BCUT2D eigenvalue weighted by Crippen LogP contribution is -2.24. The summed E-state index contributed by atoms with van der Waals surface area (Å²) in [6.45, 7) is 2.01. The molecule has 1 saturated carbocycles. The molecule has 0 aromatic carbocycles. The fraction of sp³-hybridized carbons (Fsp3) is 0.615. The summed E-state index contributed by atoms with van der Waals surface area (Å²) in [7, 11) is 0. The summed E-state index contributed by atoms with van der Waals surface area (Å²) in [4.78, 5) is 4.28. The van der Waals surface area contributed by atoms with E-state index in [1.54, 1.807) is 0 Å². The summed E-state index contributed by atoms with van der Waals surface area (Å²) in [5.74, 6) is 0.665. The van der Waals surface area contributed by atoms with Crippen molar-refractivity contribution in [2.45, 2.75) is 31.8 Å². The van der Waals surface area contributed by atoms with Gasteiger partial charge in [0, 0.05) is 24.9 Å². The van der Waals surface area contributed by atoms with E-state index in [9.17, 15) is 5.11 Å². The molecule has 0 aliphatic heterocycles. The first kappa shape index (κ1) is 11.6. The number of nitrogens with one attached hydrogen (secondary N) is 1. The maximum absolute atomic E-state index is 9.40. The normalized spacial score (nSPS) is 24.8. The maximum Gasteiger partial charge on any atom is 0.0543 e. The molecule has 0 saturated heterocycles. The molecule has 1 aromatic rings. The van der Waals surface area contributed by atoms with Gasteiger partial charge in [0.05, 0.1) is 6.10 Å². The Balaban J connectivity index is 1.59. The van der Waals surface area contributed by atoms with Gasteiger partial charge >= 0.3 is 0 Å². The van der Waals surface area contributed by atoms with Crippen LogP contribution in [-0.4, -0.2) is 29.3 Å². The zero-order chi connectivity index (χ0) is 11.2. The highest BCUT2D eigenvalue weighted by atomic mass is 16.3. The Morgan fingerprint density at radius 3 is 3.00 bits per heavy atom. The number of hydrogen-bond acceptors (Lipinski definition) is 3. The third kappa shape index (κ3) is 3.58. The van der Waals surface area contributed by atoms with Crippen LogP contribution in [0, 0.1) is 5.92 Å². The van der Waals surface area contributed by atoms with Gasteiger partial charge in [-0.15, -0.1) is 0 Å². The van der Waals surface area contributed by atoms with E-state index < -0.39 is 0 Å². The molecular weight excluding hydrogens is 200 g/mol. The number of aliphatic hydroxyl groups is 1. The van der Waals surface area contributed by atoms with Gasteiger partial charge < -0.3 is 10.4 Å². The lowest BCUT2D eigenvalue weighted by molar-refractivity contribution is 0.177. The average Bonchev–Trinajstić information content (AvgIpc) is 2.72. The van der Waals surface area contributed by atoms with Gasteiger partial charge in [-0.1, -0.05) is 6.07 Å². The summed E-state index contributed by atoms with van der Waals surface area (Å²) in [6.07, 6.45) is 5.88. The second-order valence-corrected chi connectivity index (χ2v) is 4.61. The van der Waals surface area contributed by atoms with Crippen molar-refractivity contribution in [1.29, 1.82) is 0 Å². The van der Waals surface area contributed by atoms with Gasteiger partial charge in [0.1, 0.15) is 0 Å². The van der Waals surface area contributed by atoms with Crippen LogP contribution in [0.15, 0.2) is 24.4 Å². The lowest BCUT2D eigenvalue weighted by Gasteiger charge is -2.10. The van der Waals surface area contributed by atoms with Crippen molar-refractivity contribution < 1.29 is 5.11 Å². The zero-order valence-electron chi connectivity index (χ0n) is 9.60. The second kappa shape index (κ2) is 5.97. The van der Waals surface area contributed by atoms with Crippen LogP contribution in [0.2, 0.25) is 0 Å². The molecule has 88 valence electrons. The van der Waals surface area contributed by atoms with Gasteiger partial charge in [0.2, 0.25) is 0 Å². The molecule has 2 unspecified atom stereocenters. The van der Waals surface area contributed by atoms with Gasteiger partial charge in [0.15, 0.2) is 0 Å². The van der Waals surface area contributed by atoms with Gasteiger partial charge in [-0.25, -0.2) is 0 Å². The second-order valence-electron chi connectivity index (χ2n) is 4.61. The van der Waals surface area contributed by atoms with Crippen LogP contribution < -0.4 is 5.32 Å². The molecule has 0 bridgehead atoms. The number of aromatic nitrogens is 1. The summed E-state index contributed by atoms with van der Waals surface area (Å²) in [5.41, 5.74) is 1.14. The minimum atomic E-state index is -0.0532. The maximum atomic E-state index is 9.40. The smallest absolute Gasteiger partial charge is 0.0543 e. The molecule has 0 radical (unpaired) electrons. The SMILES string of the molecule is OC1CCC(CNCCc2ccccn2)C1. The van der Waals surface area contributed by atoms with Crippen LogP contribution in [0.3, 0.4) is 0 Å². The molecule has 1 aliphatic carbocycles. The summed E-state index contributed by atoms with van der Waals surface area (Å²) >= 11 is 0. The largest absolute Gasteiger partial charge is 0.393 e. The molecule has 1 heterocycles. The van der Waals surface area contributed by atoms with Crippen molar-refractivity contribution in [3.05, 3.63) is 30.1 Å². The highest BCUT2D eigenvalue weighted by Gasteiger charge is 2.21. The minimum Gasteiger partial charge on any atom is -0.393 e. The number of hydrogen-bond donors (Lipinski definition) is 2. The van der Waals surface area contributed by atoms with Crippen LogP contribution in [0.25, 0.3) is 0 Å². The Kier molecular flexibility index (Phi) is 4.31. The monoisotopic (exact) mass is 220 g/mol. The topological polar surface area (TPSA) is 45.1 Å². The number of aliphatic hydroxyl groups excluding tert-OH is 1. The summed E-state index contributed by atoms with van der Waals surface area (Å²) in [5, 5.41) is 12.8. The van der Waals surface area contributed by atoms with Gasteiger partial charge in [-0.05, 0) is 43.9 Å². The molecule has 2 rings (SSSR count). The number of nitrogens with zero attached hydrogens (tertiary/aromatic N) is 1. The van der Waals surface area contributed by atoms with Crippen molar-refractivity contribution in [1.82, 2.24) is 10.3 Å². The van der Waals surface area contributed by atoms with Crippen LogP contribution in [0.1, 0.15) is 25.0 Å². The number of pyridine rings is 1. The van der Waals surface area contributed by atoms with E-state index >= 15 is 0 Å². The van der Waals surface area contributed by atoms with E-state index in [1.165, 1.54) is 0 Å². The first-order chi connectivity index (χ1) is 7.84. The molecule has 1 aliphatic rings. The standard InChI is InChI=1S/C13H20N2O/c16-13-5-4-11(9-13)10-14-8-6-12-3-1-2-7-15-12/h1-3,7,11,13-14,16H,4-6,8-10H2. The van der Waals surface area contributed by atoms with Crippen LogP contribution in [-0.2, 0) is 6.42 Å². The highest BCUT2D eigenvalue weighted by molar-refractivity contribution is 5.03. The average molecular weight is 220 g/mol. The van der Waals surface area contributed by atoms with Crippen LogP contribution in [0.5, 0.6) is 0 Å². The molecule has 2 N–H and O–H groups in total. The Morgan fingerprint density at radius 1 is 1.38 bits per heavy atom. The Labute approximate surface area is 96.9 Å².